The number of carbonyl (C=O) groups is 3. The summed E-state index contributed by atoms with van der Waals surface area (Å²) in [6.45, 7) is 4.80. The lowest BCUT2D eigenvalue weighted by atomic mass is 9.98. The summed E-state index contributed by atoms with van der Waals surface area (Å²) in [6, 6.07) is 1.45. The van der Waals surface area contributed by atoms with Crippen LogP contribution in [0, 0.1) is 0 Å². The summed E-state index contributed by atoms with van der Waals surface area (Å²) in [5.41, 5.74) is -2.49. The molecule has 0 aromatic carbocycles. The highest BCUT2D eigenvalue weighted by Gasteiger charge is 2.61. The van der Waals surface area contributed by atoms with Gasteiger partial charge >= 0.3 is 23.6 Å². The molecule has 1 saturated heterocycles. The van der Waals surface area contributed by atoms with Gasteiger partial charge in [-0.05, 0) is 13.0 Å². The average Bonchev–Trinajstić information content (AvgIpc) is 3.24. The SMILES string of the molecule is CC(=O)O[C@H]1O[C@@H](n2ccc(-n3cncn3)nc2=O)[C@](C)(OC(C)=O)[C@@H]1OC(C)=O. The van der Waals surface area contributed by atoms with Gasteiger partial charge in [-0.3, -0.25) is 19.0 Å². The Morgan fingerprint density at radius 3 is 2.37 bits per heavy atom. The van der Waals surface area contributed by atoms with Crippen molar-refractivity contribution in [3.05, 3.63) is 35.4 Å². The third-order valence-corrected chi connectivity index (χ3v) is 4.23. The number of ether oxygens (including phenoxy) is 4. The molecule has 13 nitrogen and oxygen atoms in total. The molecule has 3 heterocycles. The lowest BCUT2D eigenvalue weighted by molar-refractivity contribution is -0.199. The highest BCUT2D eigenvalue weighted by Crippen LogP contribution is 2.43. The molecule has 2 aromatic rings. The van der Waals surface area contributed by atoms with Gasteiger partial charge in [0.15, 0.2) is 17.6 Å². The molecule has 1 fully saturated rings. The standard InChI is InChI=1S/C17H19N5O8/c1-9(23)27-13-14(28-10(2)24)29-15(17(13,4)30-11(3)25)21-6-5-12(20-16(21)26)22-8-18-7-19-22/h5-8,13-15H,1-4H3/t13-,14+,15-,17-/m1/s1. The Kier molecular flexibility index (Phi) is 5.64. The molecule has 0 N–H and O–H groups in total. The van der Waals surface area contributed by atoms with E-state index in [1.807, 2.05) is 0 Å². The van der Waals surface area contributed by atoms with Gasteiger partial charge < -0.3 is 18.9 Å². The van der Waals surface area contributed by atoms with Crippen LogP contribution in [0.3, 0.4) is 0 Å². The maximum atomic E-state index is 12.7. The molecule has 0 radical (unpaired) electrons. The third-order valence-electron chi connectivity index (χ3n) is 4.23. The van der Waals surface area contributed by atoms with E-state index in [0.717, 1.165) is 25.3 Å². The molecule has 1 aliphatic rings. The minimum Gasteiger partial charge on any atom is -0.451 e. The molecule has 0 bridgehead atoms. The van der Waals surface area contributed by atoms with E-state index >= 15 is 0 Å². The smallest absolute Gasteiger partial charge is 0.351 e. The van der Waals surface area contributed by atoms with Crippen molar-refractivity contribution in [2.45, 2.75) is 51.9 Å². The Morgan fingerprint density at radius 2 is 1.83 bits per heavy atom. The van der Waals surface area contributed by atoms with Crippen LogP contribution in [0.4, 0.5) is 0 Å². The van der Waals surface area contributed by atoms with E-state index in [-0.39, 0.29) is 5.82 Å². The second-order valence-corrected chi connectivity index (χ2v) is 6.59. The van der Waals surface area contributed by atoms with Crippen molar-refractivity contribution in [1.29, 1.82) is 0 Å². The van der Waals surface area contributed by atoms with Gasteiger partial charge in [-0.15, -0.1) is 0 Å². The van der Waals surface area contributed by atoms with Gasteiger partial charge in [-0.25, -0.2) is 14.5 Å². The second kappa shape index (κ2) is 8.02. The predicted molar refractivity (Wildman–Crippen MR) is 94.8 cm³/mol. The Hall–Kier alpha value is -3.61. The van der Waals surface area contributed by atoms with Crippen LogP contribution in [0.1, 0.15) is 33.9 Å². The molecule has 0 aliphatic carbocycles. The molecular weight excluding hydrogens is 402 g/mol. The van der Waals surface area contributed by atoms with E-state index < -0.39 is 47.8 Å². The van der Waals surface area contributed by atoms with Gasteiger partial charge in [0.2, 0.25) is 12.4 Å². The fraction of sp³-hybridized carbons (Fsp3) is 0.471. The highest BCUT2D eigenvalue weighted by molar-refractivity contribution is 5.68. The Morgan fingerprint density at radius 1 is 1.13 bits per heavy atom. The van der Waals surface area contributed by atoms with Gasteiger partial charge in [0.25, 0.3) is 0 Å². The Labute approximate surface area is 169 Å². The molecular formula is C17H19N5O8. The minimum absolute atomic E-state index is 0.189. The van der Waals surface area contributed by atoms with Gasteiger partial charge in [0.1, 0.15) is 12.7 Å². The monoisotopic (exact) mass is 421 g/mol. The summed E-state index contributed by atoms with van der Waals surface area (Å²) in [5.74, 6) is -2.00. The summed E-state index contributed by atoms with van der Waals surface area (Å²) in [7, 11) is 0. The summed E-state index contributed by atoms with van der Waals surface area (Å²) < 4.78 is 23.7. The number of nitrogens with zero attached hydrogens (tertiary/aromatic N) is 5. The van der Waals surface area contributed by atoms with E-state index in [1.54, 1.807) is 0 Å². The number of carbonyl (C=O) groups excluding carboxylic acids is 3. The van der Waals surface area contributed by atoms with Gasteiger partial charge in [-0.2, -0.15) is 10.1 Å². The summed E-state index contributed by atoms with van der Waals surface area (Å²) in [5, 5.41) is 3.89. The summed E-state index contributed by atoms with van der Waals surface area (Å²) in [6.07, 6.45) is -0.121. The molecule has 0 spiro atoms. The molecule has 30 heavy (non-hydrogen) atoms. The first-order valence-corrected chi connectivity index (χ1v) is 8.75. The largest absolute Gasteiger partial charge is 0.451 e. The number of rotatable bonds is 5. The van der Waals surface area contributed by atoms with Crippen LogP contribution < -0.4 is 5.69 Å². The molecule has 0 unspecified atom stereocenters. The van der Waals surface area contributed by atoms with Crippen molar-refractivity contribution in [1.82, 2.24) is 24.3 Å². The van der Waals surface area contributed by atoms with Crippen molar-refractivity contribution in [2.24, 2.45) is 0 Å². The average molecular weight is 421 g/mol. The normalized spacial score (nSPS) is 25.5. The molecule has 0 amide bonds. The van der Waals surface area contributed by atoms with E-state index in [1.165, 1.54) is 36.5 Å². The number of esters is 3. The molecule has 1 aliphatic heterocycles. The van der Waals surface area contributed by atoms with E-state index in [4.69, 9.17) is 18.9 Å². The summed E-state index contributed by atoms with van der Waals surface area (Å²) in [4.78, 5) is 55.3. The van der Waals surface area contributed by atoms with Gasteiger partial charge in [-0.1, -0.05) is 0 Å². The van der Waals surface area contributed by atoms with Crippen LogP contribution in [-0.4, -0.2) is 60.2 Å². The van der Waals surface area contributed by atoms with Crippen molar-refractivity contribution in [3.63, 3.8) is 0 Å². The first kappa shape index (κ1) is 21.1. The predicted octanol–water partition coefficient (Wildman–Crippen LogP) is -0.504. The molecule has 160 valence electrons. The van der Waals surface area contributed by atoms with Crippen molar-refractivity contribution < 1.29 is 33.3 Å². The lowest BCUT2D eigenvalue weighted by Crippen LogP contribution is -2.51. The fourth-order valence-electron chi connectivity index (χ4n) is 3.14. The van der Waals surface area contributed by atoms with Gasteiger partial charge in [0, 0.05) is 27.0 Å². The quantitative estimate of drug-likeness (QED) is 0.453. The Bertz CT molecular complexity index is 1020. The van der Waals surface area contributed by atoms with Gasteiger partial charge in [0.05, 0.1) is 0 Å². The zero-order valence-electron chi connectivity index (χ0n) is 16.5. The molecule has 4 atom stereocenters. The molecule has 3 rings (SSSR count). The number of aromatic nitrogens is 5. The van der Waals surface area contributed by atoms with Crippen LogP contribution >= 0.6 is 0 Å². The number of hydrogen-bond donors (Lipinski definition) is 0. The first-order valence-electron chi connectivity index (χ1n) is 8.75. The zero-order valence-corrected chi connectivity index (χ0v) is 16.5. The van der Waals surface area contributed by atoms with Crippen molar-refractivity contribution in [3.8, 4) is 5.82 Å². The van der Waals surface area contributed by atoms with Crippen LogP contribution in [0.15, 0.2) is 29.7 Å². The van der Waals surface area contributed by atoms with Crippen molar-refractivity contribution >= 4 is 17.9 Å². The van der Waals surface area contributed by atoms with E-state index in [2.05, 4.69) is 15.1 Å². The zero-order chi connectivity index (χ0) is 22.1. The van der Waals surface area contributed by atoms with E-state index in [0.29, 0.717) is 0 Å². The maximum absolute atomic E-state index is 12.7. The minimum atomic E-state index is -1.71. The highest BCUT2D eigenvalue weighted by atomic mass is 16.8. The second-order valence-electron chi connectivity index (χ2n) is 6.59. The van der Waals surface area contributed by atoms with Crippen LogP contribution in [0.5, 0.6) is 0 Å². The first-order chi connectivity index (χ1) is 14.1. The number of hydrogen-bond acceptors (Lipinski definition) is 11. The summed E-state index contributed by atoms with van der Waals surface area (Å²) >= 11 is 0. The fourth-order valence-corrected chi connectivity index (χ4v) is 3.14. The van der Waals surface area contributed by atoms with Crippen LogP contribution in [0.25, 0.3) is 5.82 Å². The van der Waals surface area contributed by atoms with Crippen molar-refractivity contribution in [2.75, 3.05) is 0 Å². The Balaban J connectivity index is 2.06. The maximum Gasteiger partial charge on any atom is 0.351 e. The van der Waals surface area contributed by atoms with E-state index in [9.17, 15) is 19.2 Å². The van der Waals surface area contributed by atoms with Crippen LogP contribution in [-0.2, 0) is 33.3 Å². The third kappa shape index (κ3) is 4.05. The molecule has 2 aromatic heterocycles. The van der Waals surface area contributed by atoms with Crippen LogP contribution in [0.2, 0.25) is 0 Å². The lowest BCUT2D eigenvalue weighted by Gasteiger charge is -2.33. The molecule has 13 heteroatoms. The molecule has 0 saturated carbocycles. The topological polar surface area (TPSA) is 154 Å².